The maximum absolute atomic E-state index is 4.77. The minimum absolute atomic E-state index is 0.0247. The second kappa shape index (κ2) is 5.99. The Morgan fingerprint density at radius 1 is 1.36 bits per heavy atom. The maximum Gasteiger partial charge on any atom is 0.205 e. The van der Waals surface area contributed by atoms with Gasteiger partial charge in [-0.25, -0.2) is 9.97 Å². The summed E-state index contributed by atoms with van der Waals surface area (Å²) in [6.07, 6.45) is 7.45. The lowest BCUT2D eigenvalue weighted by Gasteiger charge is -2.32. The van der Waals surface area contributed by atoms with E-state index in [1.807, 2.05) is 12.4 Å². The lowest BCUT2D eigenvalue weighted by atomic mass is 9.94. The molecular formula is C16H25N5S. The van der Waals surface area contributed by atoms with Crippen LogP contribution in [0.1, 0.15) is 45.3 Å². The third kappa shape index (κ3) is 3.32. The molecule has 1 saturated heterocycles. The van der Waals surface area contributed by atoms with Gasteiger partial charge < -0.3 is 9.47 Å². The maximum atomic E-state index is 4.77. The topological polar surface area (TPSA) is 46.8 Å². The summed E-state index contributed by atoms with van der Waals surface area (Å²) in [6.45, 7) is 8.65. The van der Waals surface area contributed by atoms with Gasteiger partial charge in [0.15, 0.2) is 0 Å². The number of nitrogens with zero attached hydrogens (tertiary/aromatic N) is 5. The summed E-state index contributed by atoms with van der Waals surface area (Å²) >= 11 is 1.54. The Labute approximate surface area is 136 Å². The molecule has 5 nitrogen and oxygen atoms in total. The molecule has 1 unspecified atom stereocenters. The molecule has 0 radical (unpaired) electrons. The first-order valence-electron chi connectivity index (χ1n) is 7.99. The van der Waals surface area contributed by atoms with Gasteiger partial charge in [0, 0.05) is 55.9 Å². The third-order valence-electron chi connectivity index (χ3n) is 4.27. The van der Waals surface area contributed by atoms with E-state index in [4.69, 9.17) is 4.98 Å². The van der Waals surface area contributed by atoms with Crippen molar-refractivity contribution in [2.24, 2.45) is 13.0 Å². The summed E-state index contributed by atoms with van der Waals surface area (Å²) in [4.78, 5) is 11.6. The molecule has 2 aromatic heterocycles. The molecule has 0 saturated carbocycles. The summed E-state index contributed by atoms with van der Waals surface area (Å²) in [7, 11) is 2.07. The molecule has 6 heteroatoms. The van der Waals surface area contributed by atoms with Crippen molar-refractivity contribution >= 4 is 16.7 Å². The fourth-order valence-corrected chi connectivity index (χ4v) is 3.80. The molecule has 0 aromatic carbocycles. The standard InChI is InChI=1S/C16H25N5S/c1-16(2,3)14-18-15(22-19-14)21-8-5-6-12(11-21)10-13-17-7-9-20(13)4/h7,9,12H,5-6,8,10-11H2,1-4H3. The molecule has 3 rings (SSSR count). The molecule has 0 spiro atoms. The zero-order valence-electron chi connectivity index (χ0n) is 13.9. The molecular weight excluding hydrogens is 294 g/mol. The minimum Gasteiger partial charge on any atom is -0.347 e. The second-order valence-electron chi connectivity index (χ2n) is 7.26. The molecule has 1 fully saturated rings. The Morgan fingerprint density at radius 3 is 2.82 bits per heavy atom. The fourth-order valence-electron chi connectivity index (χ4n) is 2.91. The molecule has 2 aromatic rings. The van der Waals surface area contributed by atoms with E-state index in [2.05, 4.69) is 46.6 Å². The molecule has 0 N–H and O–H groups in total. The normalized spacial score (nSPS) is 19.6. The van der Waals surface area contributed by atoms with Crippen LogP contribution in [-0.2, 0) is 18.9 Å². The predicted molar refractivity (Wildman–Crippen MR) is 90.5 cm³/mol. The van der Waals surface area contributed by atoms with Gasteiger partial charge >= 0.3 is 0 Å². The van der Waals surface area contributed by atoms with E-state index >= 15 is 0 Å². The van der Waals surface area contributed by atoms with E-state index in [1.54, 1.807) is 11.5 Å². The van der Waals surface area contributed by atoms with Gasteiger partial charge in [-0.1, -0.05) is 20.8 Å². The third-order valence-corrected chi connectivity index (χ3v) is 5.04. The first-order valence-corrected chi connectivity index (χ1v) is 8.76. The number of rotatable bonds is 3. The monoisotopic (exact) mass is 319 g/mol. The van der Waals surface area contributed by atoms with Gasteiger partial charge in [0.05, 0.1) is 0 Å². The minimum atomic E-state index is 0.0247. The van der Waals surface area contributed by atoms with Crippen molar-refractivity contribution in [1.29, 1.82) is 0 Å². The van der Waals surface area contributed by atoms with Crippen LogP contribution in [0.25, 0.3) is 0 Å². The van der Waals surface area contributed by atoms with Crippen LogP contribution in [0, 0.1) is 5.92 Å². The first-order chi connectivity index (χ1) is 10.4. The van der Waals surface area contributed by atoms with Crippen LogP contribution in [0.3, 0.4) is 0 Å². The lowest BCUT2D eigenvalue weighted by Crippen LogP contribution is -2.36. The van der Waals surface area contributed by atoms with Gasteiger partial charge in [-0.15, -0.1) is 0 Å². The Balaban J connectivity index is 1.68. The van der Waals surface area contributed by atoms with Gasteiger partial charge in [-0.2, -0.15) is 4.37 Å². The van der Waals surface area contributed by atoms with E-state index in [9.17, 15) is 0 Å². The average molecular weight is 319 g/mol. The highest BCUT2D eigenvalue weighted by atomic mass is 32.1. The Hall–Kier alpha value is -1.43. The number of aryl methyl sites for hydroxylation is 1. The molecule has 120 valence electrons. The van der Waals surface area contributed by atoms with Gasteiger partial charge in [-0.3, -0.25) is 0 Å². The van der Waals surface area contributed by atoms with E-state index in [0.717, 1.165) is 30.5 Å². The van der Waals surface area contributed by atoms with Crippen molar-refractivity contribution in [1.82, 2.24) is 18.9 Å². The number of imidazole rings is 1. The summed E-state index contributed by atoms with van der Waals surface area (Å²) in [5.74, 6) is 2.79. The Kier molecular flexibility index (Phi) is 4.21. The number of aromatic nitrogens is 4. The predicted octanol–water partition coefficient (Wildman–Crippen LogP) is 3.03. The summed E-state index contributed by atoms with van der Waals surface area (Å²) in [5, 5.41) is 1.08. The zero-order valence-corrected chi connectivity index (χ0v) is 14.7. The number of anilines is 1. The smallest absolute Gasteiger partial charge is 0.205 e. The average Bonchev–Trinajstić information content (AvgIpc) is 3.09. The summed E-state index contributed by atoms with van der Waals surface area (Å²) in [5.41, 5.74) is 0.0247. The highest BCUT2D eigenvalue weighted by molar-refractivity contribution is 7.09. The first kappa shape index (κ1) is 15.5. The number of hydrogen-bond donors (Lipinski definition) is 0. The van der Waals surface area contributed by atoms with Gasteiger partial charge in [0.25, 0.3) is 0 Å². The van der Waals surface area contributed by atoms with Crippen molar-refractivity contribution in [2.45, 2.75) is 45.4 Å². The molecule has 0 bridgehead atoms. The van der Waals surface area contributed by atoms with Crippen LogP contribution in [0.15, 0.2) is 12.4 Å². The highest BCUT2D eigenvalue weighted by Gasteiger charge is 2.26. The fraction of sp³-hybridized carbons (Fsp3) is 0.688. The lowest BCUT2D eigenvalue weighted by molar-refractivity contribution is 0.402. The van der Waals surface area contributed by atoms with Crippen LogP contribution in [0.4, 0.5) is 5.13 Å². The van der Waals surface area contributed by atoms with Gasteiger partial charge in [0.1, 0.15) is 11.6 Å². The number of piperidine rings is 1. The molecule has 0 aliphatic carbocycles. The molecule has 1 aliphatic heterocycles. The van der Waals surface area contributed by atoms with E-state index in [0.29, 0.717) is 5.92 Å². The van der Waals surface area contributed by atoms with Gasteiger partial charge in [0.2, 0.25) is 5.13 Å². The molecule has 3 heterocycles. The molecule has 22 heavy (non-hydrogen) atoms. The Bertz CT molecular complexity index is 625. The van der Waals surface area contributed by atoms with Crippen molar-refractivity contribution in [2.75, 3.05) is 18.0 Å². The van der Waals surface area contributed by atoms with E-state index in [-0.39, 0.29) is 5.41 Å². The molecule has 0 amide bonds. The van der Waals surface area contributed by atoms with Crippen LogP contribution in [-0.4, -0.2) is 32.0 Å². The number of hydrogen-bond acceptors (Lipinski definition) is 5. The van der Waals surface area contributed by atoms with Crippen LogP contribution < -0.4 is 4.90 Å². The quantitative estimate of drug-likeness (QED) is 0.872. The van der Waals surface area contributed by atoms with Crippen LogP contribution >= 0.6 is 11.5 Å². The SMILES string of the molecule is Cn1ccnc1CC1CCCN(c2nc(C(C)(C)C)ns2)C1. The van der Waals surface area contributed by atoms with Crippen molar-refractivity contribution < 1.29 is 0 Å². The summed E-state index contributed by atoms with van der Waals surface area (Å²) in [6, 6.07) is 0. The van der Waals surface area contributed by atoms with E-state index in [1.165, 1.54) is 18.7 Å². The molecule has 1 atom stereocenters. The Morgan fingerprint density at radius 2 is 2.18 bits per heavy atom. The molecule has 1 aliphatic rings. The van der Waals surface area contributed by atoms with E-state index < -0.39 is 0 Å². The highest BCUT2D eigenvalue weighted by Crippen LogP contribution is 2.29. The second-order valence-corrected chi connectivity index (χ2v) is 7.99. The van der Waals surface area contributed by atoms with Crippen LogP contribution in [0.5, 0.6) is 0 Å². The van der Waals surface area contributed by atoms with Crippen LogP contribution in [0.2, 0.25) is 0 Å². The van der Waals surface area contributed by atoms with Gasteiger partial charge in [-0.05, 0) is 18.8 Å². The van der Waals surface area contributed by atoms with Crippen molar-refractivity contribution in [3.8, 4) is 0 Å². The summed E-state index contributed by atoms with van der Waals surface area (Å²) < 4.78 is 6.68. The van der Waals surface area contributed by atoms with Crippen molar-refractivity contribution in [3.05, 3.63) is 24.0 Å². The largest absolute Gasteiger partial charge is 0.347 e. The zero-order chi connectivity index (χ0) is 15.7. The van der Waals surface area contributed by atoms with Crippen molar-refractivity contribution in [3.63, 3.8) is 0 Å².